The molecule has 1 aliphatic carbocycles. The van der Waals surface area contributed by atoms with Crippen LogP contribution in [0.4, 0.5) is 0 Å². The molecule has 0 aliphatic heterocycles. The van der Waals surface area contributed by atoms with Gasteiger partial charge in [-0.25, -0.2) is 0 Å². The largest absolute Gasteiger partial charge is 0.496 e. The number of carbonyl (C=O) groups excluding carboxylic acids is 3. The number of ether oxygens (including phenoxy) is 2. The first-order valence-electron chi connectivity index (χ1n) is 9.67. The predicted molar refractivity (Wildman–Crippen MR) is 120 cm³/mol. The van der Waals surface area contributed by atoms with Gasteiger partial charge in [-0.05, 0) is 50.6 Å². The summed E-state index contributed by atoms with van der Waals surface area (Å²) < 4.78 is 11.1. The van der Waals surface area contributed by atoms with Crippen molar-refractivity contribution in [3.63, 3.8) is 0 Å². The summed E-state index contributed by atoms with van der Waals surface area (Å²) in [4.78, 5) is 42.1. The van der Waals surface area contributed by atoms with Crippen molar-refractivity contribution < 1.29 is 23.9 Å². The van der Waals surface area contributed by atoms with E-state index >= 15 is 0 Å². The second kappa shape index (κ2) is 9.75. The van der Waals surface area contributed by atoms with Crippen LogP contribution in [-0.4, -0.2) is 35.9 Å². The molecule has 0 saturated carbocycles. The summed E-state index contributed by atoms with van der Waals surface area (Å²) >= 11 is 1.12. The Hall–Kier alpha value is -3.19. The third-order valence-electron chi connectivity index (χ3n) is 4.81. The third-order valence-corrected chi connectivity index (χ3v) is 5.99. The third kappa shape index (κ3) is 4.77. The molecule has 3 rings (SSSR count). The Bertz CT molecular complexity index is 1080. The molecule has 0 saturated heterocycles. The lowest BCUT2D eigenvalue weighted by molar-refractivity contribution is 0.0988. The molecule has 31 heavy (non-hydrogen) atoms. The van der Waals surface area contributed by atoms with Gasteiger partial charge in [0.15, 0.2) is 11.6 Å². The molecule has 0 fully saturated rings. The molecular formula is C24H23NO5S. The zero-order valence-electron chi connectivity index (χ0n) is 17.8. The van der Waals surface area contributed by atoms with Crippen molar-refractivity contribution >= 4 is 28.4 Å². The number of rotatable bonds is 7. The molecule has 7 heteroatoms. The van der Waals surface area contributed by atoms with E-state index in [1.165, 1.54) is 32.6 Å². The molecular weight excluding hydrogens is 414 g/mol. The molecule has 1 heterocycles. The number of aromatic nitrogens is 1. The van der Waals surface area contributed by atoms with Crippen molar-refractivity contribution in [2.24, 2.45) is 0 Å². The minimum Gasteiger partial charge on any atom is -0.496 e. The minimum absolute atomic E-state index is 0.152. The molecule has 2 aromatic rings. The van der Waals surface area contributed by atoms with Crippen LogP contribution in [0.25, 0.3) is 0 Å². The van der Waals surface area contributed by atoms with Crippen LogP contribution in [0.15, 0.2) is 54.4 Å². The van der Waals surface area contributed by atoms with Gasteiger partial charge in [0.05, 0.1) is 25.3 Å². The fourth-order valence-electron chi connectivity index (χ4n) is 3.34. The van der Waals surface area contributed by atoms with Crippen molar-refractivity contribution in [3.05, 3.63) is 76.6 Å². The van der Waals surface area contributed by atoms with Gasteiger partial charge in [-0.3, -0.25) is 19.4 Å². The van der Waals surface area contributed by atoms with Gasteiger partial charge in [-0.2, -0.15) is 0 Å². The van der Waals surface area contributed by atoms with Gasteiger partial charge in [0.2, 0.25) is 5.12 Å². The molecule has 0 bridgehead atoms. The maximum Gasteiger partial charge on any atom is 0.221 e. The van der Waals surface area contributed by atoms with Gasteiger partial charge in [-0.1, -0.05) is 23.4 Å². The first-order chi connectivity index (χ1) is 14.9. The molecule has 0 spiro atoms. The lowest BCUT2D eigenvalue weighted by atomic mass is 9.89. The first kappa shape index (κ1) is 22.5. The van der Waals surface area contributed by atoms with E-state index in [1.54, 1.807) is 24.4 Å². The topological polar surface area (TPSA) is 82.6 Å². The van der Waals surface area contributed by atoms with E-state index in [4.69, 9.17) is 9.47 Å². The van der Waals surface area contributed by atoms with E-state index in [0.717, 1.165) is 17.3 Å². The highest BCUT2D eigenvalue weighted by Gasteiger charge is 2.32. The predicted octanol–water partition coefficient (Wildman–Crippen LogP) is 5.01. The van der Waals surface area contributed by atoms with Gasteiger partial charge < -0.3 is 9.47 Å². The maximum atomic E-state index is 12.9. The highest BCUT2D eigenvalue weighted by Crippen LogP contribution is 2.46. The Labute approximate surface area is 185 Å². The number of methoxy groups -OCH3 is 2. The summed E-state index contributed by atoms with van der Waals surface area (Å²) in [6.45, 7) is 3.95. The second-order valence-corrected chi connectivity index (χ2v) is 8.34. The molecule has 1 aliphatic rings. The van der Waals surface area contributed by atoms with Crippen LogP contribution < -0.4 is 9.47 Å². The summed E-state index contributed by atoms with van der Waals surface area (Å²) in [5.74, 6) is -0.0883. The van der Waals surface area contributed by atoms with Crippen molar-refractivity contribution in [2.45, 2.75) is 25.5 Å². The van der Waals surface area contributed by atoms with Crippen molar-refractivity contribution in [3.8, 4) is 11.5 Å². The van der Waals surface area contributed by atoms with Crippen LogP contribution in [0.1, 0.15) is 62.2 Å². The summed E-state index contributed by atoms with van der Waals surface area (Å²) in [6.07, 6.45) is 8.13. The van der Waals surface area contributed by atoms with Crippen LogP contribution in [0.3, 0.4) is 0 Å². The summed E-state index contributed by atoms with van der Waals surface area (Å²) in [7, 11) is 2.90. The van der Waals surface area contributed by atoms with E-state index in [-0.39, 0.29) is 44.6 Å². The van der Waals surface area contributed by atoms with E-state index in [0.29, 0.717) is 17.5 Å². The molecule has 6 nitrogen and oxygen atoms in total. The van der Waals surface area contributed by atoms with E-state index in [2.05, 4.69) is 4.98 Å². The Morgan fingerprint density at radius 1 is 1.13 bits per heavy atom. The number of carbonyl (C=O) groups is 3. The SMILES string of the molecule is COc1cc(C(CC=C(C)C)SC(=O)c2cccnc2)c(OC)c2c1C(=O)C=CC2=O. The van der Waals surface area contributed by atoms with Crippen molar-refractivity contribution in [2.75, 3.05) is 14.2 Å². The number of hydrogen-bond donors (Lipinski definition) is 0. The van der Waals surface area contributed by atoms with Crippen LogP contribution in [0, 0.1) is 0 Å². The lowest BCUT2D eigenvalue weighted by Gasteiger charge is -2.24. The number of allylic oxidation sites excluding steroid dienone is 4. The molecule has 0 radical (unpaired) electrons. The monoisotopic (exact) mass is 437 g/mol. The minimum atomic E-state index is -0.370. The average Bonchev–Trinajstić information content (AvgIpc) is 2.78. The van der Waals surface area contributed by atoms with Crippen molar-refractivity contribution in [1.82, 2.24) is 4.98 Å². The molecule has 1 aromatic heterocycles. The van der Waals surface area contributed by atoms with Crippen molar-refractivity contribution in [1.29, 1.82) is 0 Å². The molecule has 0 N–H and O–H groups in total. The number of hydrogen-bond acceptors (Lipinski definition) is 7. The highest BCUT2D eigenvalue weighted by molar-refractivity contribution is 8.14. The average molecular weight is 438 g/mol. The maximum absolute atomic E-state index is 12.9. The fraction of sp³-hybridized carbons (Fsp3) is 0.250. The molecule has 1 atom stereocenters. The zero-order chi connectivity index (χ0) is 22.5. The van der Waals surface area contributed by atoms with Gasteiger partial charge in [0.1, 0.15) is 11.5 Å². The second-order valence-electron chi connectivity index (χ2n) is 7.17. The molecule has 1 aromatic carbocycles. The lowest BCUT2D eigenvalue weighted by Crippen LogP contribution is -2.17. The smallest absolute Gasteiger partial charge is 0.221 e. The Morgan fingerprint density at radius 3 is 2.42 bits per heavy atom. The van der Waals surface area contributed by atoms with Gasteiger partial charge in [0, 0.05) is 28.8 Å². The van der Waals surface area contributed by atoms with Gasteiger partial charge in [0.25, 0.3) is 0 Å². The van der Waals surface area contributed by atoms with E-state index in [9.17, 15) is 14.4 Å². The fourth-order valence-corrected chi connectivity index (χ4v) is 4.35. The van der Waals surface area contributed by atoms with Crippen LogP contribution in [0.5, 0.6) is 11.5 Å². The number of ketones is 2. The first-order valence-corrected chi connectivity index (χ1v) is 10.5. The Morgan fingerprint density at radius 2 is 1.84 bits per heavy atom. The summed E-state index contributed by atoms with van der Waals surface area (Å²) in [6, 6.07) is 5.10. The van der Waals surface area contributed by atoms with Crippen LogP contribution >= 0.6 is 11.8 Å². The quantitative estimate of drug-likeness (QED) is 0.563. The Kier molecular flexibility index (Phi) is 7.07. The number of nitrogens with zero attached hydrogens (tertiary/aromatic N) is 1. The van der Waals surface area contributed by atoms with E-state index < -0.39 is 0 Å². The molecule has 1 unspecified atom stereocenters. The highest BCUT2D eigenvalue weighted by atomic mass is 32.2. The Balaban J connectivity index is 2.15. The number of thioether (sulfide) groups is 1. The van der Waals surface area contributed by atoms with Crippen LogP contribution in [-0.2, 0) is 0 Å². The number of benzene rings is 1. The summed E-state index contributed by atoms with van der Waals surface area (Å²) in [5.41, 5.74) is 2.54. The standard InChI is InChI=1S/C24H23NO5S/c1-14(2)7-10-20(31-24(28)15-6-5-11-25-13-15)16-12-19(29-3)21-17(26)8-9-18(27)22(21)23(16)30-4/h5-9,11-13,20H,10H2,1-4H3. The van der Waals surface area contributed by atoms with Gasteiger partial charge in [-0.15, -0.1) is 0 Å². The van der Waals surface area contributed by atoms with Gasteiger partial charge >= 0.3 is 0 Å². The van der Waals surface area contributed by atoms with E-state index in [1.807, 2.05) is 19.9 Å². The van der Waals surface area contributed by atoms with Crippen LogP contribution in [0.2, 0.25) is 0 Å². The number of pyridine rings is 1. The molecule has 0 amide bonds. The summed E-state index contributed by atoms with van der Waals surface area (Å²) in [5, 5.41) is -0.521. The zero-order valence-corrected chi connectivity index (χ0v) is 18.6. The normalized spacial score (nSPS) is 13.4. The molecule has 160 valence electrons. The number of fused-ring (bicyclic) bond motifs is 1.